The molecular formula is C17H21NO4S. The molecule has 1 N–H and O–H groups in total. The van der Waals surface area contributed by atoms with Crippen LogP contribution < -0.4 is 14.2 Å². The van der Waals surface area contributed by atoms with Crippen molar-refractivity contribution in [2.45, 2.75) is 24.8 Å². The number of para-hydroxylation sites is 1. The van der Waals surface area contributed by atoms with Crippen molar-refractivity contribution in [3.63, 3.8) is 0 Å². The van der Waals surface area contributed by atoms with Crippen molar-refractivity contribution in [3.05, 3.63) is 54.6 Å². The van der Waals surface area contributed by atoms with Crippen LogP contribution in [0, 0.1) is 0 Å². The molecule has 0 aliphatic carbocycles. The second-order valence-electron chi connectivity index (χ2n) is 5.20. The summed E-state index contributed by atoms with van der Waals surface area (Å²) in [5.41, 5.74) is 0. The van der Waals surface area contributed by atoms with E-state index < -0.39 is 10.0 Å². The molecule has 0 aliphatic heterocycles. The second kappa shape index (κ2) is 7.99. The van der Waals surface area contributed by atoms with Crippen LogP contribution in [-0.4, -0.2) is 27.7 Å². The maximum atomic E-state index is 12.2. The van der Waals surface area contributed by atoms with Crippen molar-refractivity contribution in [2.24, 2.45) is 0 Å². The lowest BCUT2D eigenvalue weighted by Gasteiger charge is -2.11. The molecule has 0 bridgehead atoms. The van der Waals surface area contributed by atoms with Crippen LogP contribution in [0.4, 0.5) is 0 Å². The van der Waals surface area contributed by atoms with Gasteiger partial charge in [0, 0.05) is 6.54 Å². The van der Waals surface area contributed by atoms with Crippen molar-refractivity contribution < 1.29 is 17.9 Å². The quantitative estimate of drug-likeness (QED) is 0.754. The van der Waals surface area contributed by atoms with Gasteiger partial charge in [0.2, 0.25) is 10.0 Å². The number of ether oxygens (including phenoxy) is 2. The molecule has 2 aromatic rings. The topological polar surface area (TPSA) is 64.6 Å². The van der Waals surface area contributed by atoms with Crippen LogP contribution in [-0.2, 0) is 10.0 Å². The highest BCUT2D eigenvalue weighted by Crippen LogP contribution is 2.17. The first kappa shape index (κ1) is 17.3. The summed E-state index contributed by atoms with van der Waals surface area (Å²) in [6.07, 6.45) is 0.0470. The first-order valence-corrected chi connectivity index (χ1v) is 8.90. The van der Waals surface area contributed by atoms with Crippen molar-refractivity contribution in [1.82, 2.24) is 4.72 Å². The molecule has 0 amide bonds. The Morgan fingerprint density at radius 1 is 0.957 bits per heavy atom. The summed E-state index contributed by atoms with van der Waals surface area (Å²) >= 11 is 0. The molecule has 2 aromatic carbocycles. The van der Waals surface area contributed by atoms with Crippen LogP contribution in [0.25, 0.3) is 0 Å². The Morgan fingerprint density at radius 3 is 2.22 bits per heavy atom. The molecule has 0 saturated carbocycles. The van der Waals surface area contributed by atoms with Gasteiger partial charge in [0.1, 0.15) is 18.1 Å². The van der Waals surface area contributed by atoms with Crippen LogP contribution in [0.5, 0.6) is 11.5 Å². The standard InChI is InChI=1S/C17H21NO4S/c1-14(2)22-16-8-10-17(11-9-16)23(19,20)18-12-13-21-15-6-4-3-5-7-15/h3-11,14,18H,12-13H2,1-2H3. The minimum Gasteiger partial charge on any atom is -0.492 e. The Bertz CT molecular complexity index is 697. The van der Waals surface area contributed by atoms with E-state index in [2.05, 4.69) is 4.72 Å². The van der Waals surface area contributed by atoms with E-state index in [0.717, 1.165) is 0 Å². The predicted octanol–water partition coefficient (Wildman–Crippen LogP) is 2.83. The fourth-order valence-corrected chi connectivity index (χ4v) is 2.93. The highest BCUT2D eigenvalue weighted by molar-refractivity contribution is 7.89. The highest BCUT2D eigenvalue weighted by atomic mass is 32.2. The summed E-state index contributed by atoms with van der Waals surface area (Å²) in [6, 6.07) is 15.6. The SMILES string of the molecule is CC(C)Oc1ccc(S(=O)(=O)NCCOc2ccccc2)cc1. The van der Waals surface area contributed by atoms with Gasteiger partial charge in [-0.15, -0.1) is 0 Å². The number of rotatable bonds is 8. The van der Waals surface area contributed by atoms with Crippen molar-refractivity contribution in [3.8, 4) is 11.5 Å². The van der Waals surface area contributed by atoms with Gasteiger partial charge < -0.3 is 9.47 Å². The van der Waals surface area contributed by atoms with Gasteiger partial charge in [-0.3, -0.25) is 0 Å². The Balaban J connectivity index is 1.86. The summed E-state index contributed by atoms with van der Waals surface area (Å²) in [7, 11) is -3.55. The van der Waals surface area contributed by atoms with Gasteiger partial charge in [-0.25, -0.2) is 13.1 Å². The summed E-state index contributed by atoms with van der Waals surface area (Å²) in [6.45, 7) is 4.29. The smallest absolute Gasteiger partial charge is 0.240 e. The van der Waals surface area contributed by atoms with Crippen LogP contribution in [0.3, 0.4) is 0 Å². The Labute approximate surface area is 137 Å². The molecule has 0 aromatic heterocycles. The molecule has 0 radical (unpaired) electrons. The molecule has 0 spiro atoms. The van der Waals surface area contributed by atoms with E-state index >= 15 is 0 Å². The van der Waals surface area contributed by atoms with Crippen LogP contribution in [0.1, 0.15) is 13.8 Å². The van der Waals surface area contributed by atoms with E-state index in [1.54, 1.807) is 12.1 Å². The van der Waals surface area contributed by atoms with Crippen molar-refractivity contribution in [2.75, 3.05) is 13.2 Å². The molecule has 2 rings (SSSR count). The van der Waals surface area contributed by atoms with Crippen LogP contribution in [0.15, 0.2) is 59.5 Å². The Morgan fingerprint density at radius 2 is 1.61 bits per heavy atom. The van der Waals surface area contributed by atoms with E-state index in [0.29, 0.717) is 11.5 Å². The summed E-state index contributed by atoms with van der Waals surface area (Å²) in [5.74, 6) is 1.35. The molecule has 124 valence electrons. The average Bonchev–Trinajstić information content (AvgIpc) is 2.53. The highest BCUT2D eigenvalue weighted by Gasteiger charge is 2.13. The van der Waals surface area contributed by atoms with Gasteiger partial charge >= 0.3 is 0 Å². The molecule has 5 nitrogen and oxygen atoms in total. The fraction of sp³-hybridized carbons (Fsp3) is 0.294. The normalized spacial score (nSPS) is 11.4. The van der Waals surface area contributed by atoms with E-state index in [1.165, 1.54) is 12.1 Å². The summed E-state index contributed by atoms with van der Waals surface area (Å²) in [5, 5.41) is 0. The van der Waals surface area contributed by atoms with Crippen molar-refractivity contribution in [1.29, 1.82) is 0 Å². The van der Waals surface area contributed by atoms with Gasteiger partial charge in [0.05, 0.1) is 11.0 Å². The maximum Gasteiger partial charge on any atom is 0.240 e. The molecule has 0 atom stereocenters. The maximum absolute atomic E-state index is 12.2. The number of benzene rings is 2. The third kappa shape index (κ3) is 5.58. The van der Waals surface area contributed by atoms with Crippen molar-refractivity contribution >= 4 is 10.0 Å². The lowest BCUT2D eigenvalue weighted by Crippen LogP contribution is -2.28. The monoisotopic (exact) mass is 335 g/mol. The number of sulfonamides is 1. The lowest BCUT2D eigenvalue weighted by molar-refractivity contribution is 0.242. The third-order valence-corrected chi connectivity index (χ3v) is 4.39. The van der Waals surface area contributed by atoms with Gasteiger partial charge in [-0.1, -0.05) is 18.2 Å². The minimum absolute atomic E-state index is 0.0470. The molecular weight excluding hydrogens is 314 g/mol. The molecule has 0 fully saturated rings. The predicted molar refractivity (Wildman–Crippen MR) is 89.3 cm³/mol. The number of hydrogen-bond acceptors (Lipinski definition) is 4. The van der Waals surface area contributed by atoms with Gasteiger partial charge in [-0.05, 0) is 50.2 Å². The van der Waals surface area contributed by atoms with E-state index in [9.17, 15) is 8.42 Å². The molecule has 23 heavy (non-hydrogen) atoms. The first-order valence-electron chi connectivity index (χ1n) is 7.41. The summed E-state index contributed by atoms with van der Waals surface area (Å²) < 4.78 is 37.8. The Hall–Kier alpha value is -2.05. The summed E-state index contributed by atoms with van der Waals surface area (Å²) in [4.78, 5) is 0.202. The Kier molecular flexibility index (Phi) is 6.01. The first-order chi connectivity index (χ1) is 11.0. The van der Waals surface area contributed by atoms with Crippen LogP contribution in [0.2, 0.25) is 0 Å². The third-order valence-electron chi connectivity index (χ3n) is 2.91. The molecule has 6 heteroatoms. The number of nitrogens with one attached hydrogen (secondary N) is 1. The van der Waals surface area contributed by atoms with Gasteiger partial charge in [0.15, 0.2) is 0 Å². The van der Waals surface area contributed by atoms with E-state index in [1.807, 2.05) is 44.2 Å². The second-order valence-corrected chi connectivity index (χ2v) is 6.96. The van der Waals surface area contributed by atoms with E-state index in [4.69, 9.17) is 9.47 Å². The molecule has 0 unspecified atom stereocenters. The molecule has 0 heterocycles. The minimum atomic E-state index is -3.55. The molecule has 0 aliphatic rings. The van der Waals surface area contributed by atoms with Gasteiger partial charge in [0.25, 0.3) is 0 Å². The largest absolute Gasteiger partial charge is 0.492 e. The average molecular weight is 335 g/mol. The zero-order valence-corrected chi connectivity index (χ0v) is 14.0. The number of hydrogen-bond donors (Lipinski definition) is 1. The lowest BCUT2D eigenvalue weighted by atomic mass is 10.3. The fourth-order valence-electron chi connectivity index (χ4n) is 1.91. The zero-order valence-electron chi connectivity index (χ0n) is 13.2. The van der Waals surface area contributed by atoms with Crippen LogP contribution >= 0.6 is 0 Å². The molecule has 0 saturated heterocycles. The zero-order chi connectivity index (χ0) is 16.7. The van der Waals surface area contributed by atoms with E-state index in [-0.39, 0.29) is 24.2 Å². The van der Waals surface area contributed by atoms with Gasteiger partial charge in [-0.2, -0.15) is 0 Å².